The standard InChI is InChI=1S/C27H28ClN3O3S2/c1-2-3-4-5-6-9-15-30-26(34)24(36-27(30)35)23-20-13-7-8-14-21(20)31(25(23)33)17-22(32)29-19-12-10-11-18(28)16-19/h7-8,10-14,16H,2-6,9,15,17H2,1H3,(H,29,32). The molecule has 1 fully saturated rings. The molecule has 1 N–H and O–H groups in total. The first-order valence-electron chi connectivity index (χ1n) is 12.1. The van der Waals surface area contributed by atoms with Gasteiger partial charge in [0.1, 0.15) is 10.9 Å². The molecule has 2 aliphatic rings. The fourth-order valence-corrected chi connectivity index (χ4v) is 5.93. The molecule has 1 saturated heterocycles. The van der Waals surface area contributed by atoms with Crippen molar-refractivity contribution >= 4 is 74.6 Å². The van der Waals surface area contributed by atoms with E-state index in [1.165, 1.54) is 35.9 Å². The lowest BCUT2D eigenvalue weighted by Crippen LogP contribution is -2.35. The van der Waals surface area contributed by atoms with Gasteiger partial charge in [-0.25, -0.2) is 0 Å². The molecule has 6 nitrogen and oxygen atoms in total. The Balaban J connectivity index is 1.51. The van der Waals surface area contributed by atoms with Crippen LogP contribution in [0.25, 0.3) is 5.57 Å². The maximum absolute atomic E-state index is 13.6. The Morgan fingerprint density at radius 3 is 2.50 bits per heavy atom. The second-order valence-electron chi connectivity index (χ2n) is 8.76. The molecule has 3 amide bonds. The number of fused-ring (bicyclic) bond motifs is 1. The van der Waals surface area contributed by atoms with Crippen LogP contribution in [0.5, 0.6) is 0 Å². The van der Waals surface area contributed by atoms with Gasteiger partial charge in [0.2, 0.25) is 5.91 Å². The van der Waals surface area contributed by atoms with E-state index in [4.69, 9.17) is 23.8 Å². The van der Waals surface area contributed by atoms with Crippen molar-refractivity contribution in [3.8, 4) is 0 Å². The van der Waals surface area contributed by atoms with Gasteiger partial charge in [-0.1, -0.05) is 98.9 Å². The summed E-state index contributed by atoms with van der Waals surface area (Å²) in [7, 11) is 0. The van der Waals surface area contributed by atoms with E-state index in [0.717, 1.165) is 19.3 Å². The Hall–Kier alpha value is -2.68. The number of carbonyl (C=O) groups excluding carboxylic acids is 3. The normalized spacial score (nSPS) is 17.2. The minimum atomic E-state index is -0.377. The molecule has 0 bridgehead atoms. The summed E-state index contributed by atoms with van der Waals surface area (Å²) >= 11 is 12.7. The van der Waals surface area contributed by atoms with E-state index in [1.54, 1.807) is 47.4 Å². The number of unbranched alkanes of at least 4 members (excludes halogenated alkanes) is 5. The summed E-state index contributed by atoms with van der Waals surface area (Å²) in [6.07, 6.45) is 6.67. The van der Waals surface area contributed by atoms with Crippen molar-refractivity contribution in [3.05, 3.63) is 64.0 Å². The van der Waals surface area contributed by atoms with Crippen molar-refractivity contribution in [2.24, 2.45) is 0 Å². The van der Waals surface area contributed by atoms with Crippen LogP contribution in [-0.4, -0.2) is 40.0 Å². The van der Waals surface area contributed by atoms with Crippen LogP contribution >= 0.6 is 35.6 Å². The monoisotopic (exact) mass is 541 g/mol. The number of benzene rings is 2. The van der Waals surface area contributed by atoms with Gasteiger partial charge in [0.05, 0.1) is 16.2 Å². The summed E-state index contributed by atoms with van der Waals surface area (Å²) < 4.78 is 0.471. The summed E-state index contributed by atoms with van der Waals surface area (Å²) in [4.78, 5) is 43.0. The van der Waals surface area contributed by atoms with E-state index in [-0.39, 0.29) is 24.3 Å². The lowest BCUT2D eigenvalue weighted by molar-refractivity contribution is -0.122. The summed E-state index contributed by atoms with van der Waals surface area (Å²) in [6.45, 7) is 2.54. The third-order valence-electron chi connectivity index (χ3n) is 6.14. The molecule has 0 atom stereocenters. The number of rotatable bonds is 10. The first-order chi connectivity index (χ1) is 17.4. The Kier molecular flexibility index (Phi) is 8.82. The van der Waals surface area contributed by atoms with Gasteiger partial charge in [0, 0.05) is 22.8 Å². The second-order valence-corrected chi connectivity index (χ2v) is 10.8. The molecule has 0 aromatic heterocycles. The van der Waals surface area contributed by atoms with E-state index in [0.29, 0.717) is 43.3 Å². The lowest BCUT2D eigenvalue weighted by atomic mass is 10.1. The average Bonchev–Trinajstić information content (AvgIpc) is 3.28. The molecule has 0 radical (unpaired) electrons. The third kappa shape index (κ3) is 5.82. The number of nitrogens with zero attached hydrogens (tertiary/aromatic N) is 2. The number of nitrogens with one attached hydrogen (secondary N) is 1. The van der Waals surface area contributed by atoms with E-state index in [9.17, 15) is 14.4 Å². The minimum Gasteiger partial charge on any atom is -0.324 e. The second kappa shape index (κ2) is 12.0. The van der Waals surface area contributed by atoms with Gasteiger partial charge < -0.3 is 5.32 Å². The number of hydrogen-bond acceptors (Lipinski definition) is 5. The van der Waals surface area contributed by atoms with Gasteiger partial charge in [-0.15, -0.1) is 0 Å². The fourth-order valence-electron chi connectivity index (χ4n) is 4.36. The third-order valence-corrected chi connectivity index (χ3v) is 7.83. The highest BCUT2D eigenvalue weighted by atomic mass is 35.5. The Labute approximate surface area is 226 Å². The predicted molar refractivity (Wildman–Crippen MR) is 151 cm³/mol. The number of hydrogen-bond donors (Lipinski definition) is 1. The Morgan fingerprint density at radius 1 is 0.972 bits per heavy atom. The fraction of sp³-hybridized carbons (Fsp3) is 0.333. The Morgan fingerprint density at radius 2 is 1.72 bits per heavy atom. The maximum atomic E-state index is 13.6. The number of para-hydroxylation sites is 1. The van der Waals surface area contributed by atoms with Gasteiger partial charge >= 0.3 is 0 Å². The zero-order valence-corrected chi connectivity index (χ0v) is 22.5. The SMILES string of the molecule is CCCCCCCCN1C(=O)C(=C2C(=O)N(CC(=O)Nc3cccc(Cl)c3)c3ccccc32)SC1=S. The van der Waals surface area contributed by atoms with Crippen LogP contribution in [0.4, 0.5) is 11.4 Å². The van der Waals surface area contributed by atoms with Crippen molar-refractivity contribution in [1.29, 1.82) is 0 Å². The van der Waals surface area contributed by atoms with Gasteiger partial charge in [0.25, 0.3) is 11.8 Å². The molecular formula is C27H28ClN3O3S2. The van der Waals surface area contributed by atoms with Gasteiger partial charge in [-0.05, 0) is 30.7 Å². The largest absolute Gasteiger partial charge is 0.324 e. The van der Waals surface area contributed by atoms with Crippen molar-refractivity contribution in [3.63, 3.8) is 0 Å². The maximum Gasteiger partial charge on any atom is 0.267 e. The number of amides is 3. The Bertz CT molecular complexity index is 1230. The van der Waals surface area contributed by atoms with Gasteiger partial charge in [0.15, 0.2) is 0 Å². The highest BCUT2D eigenvalue weighted by Gasteiger charge is 2.42. The quantitative estimate of drug-likeness (QED) is 0.218. The zero-order chi connectivity index (χ0) is 25.7. The smallest absolute Gasteiger partial charge is 0.267 e. The highest BCUT2D eigenvalue weighted by molar-refractivity contribution is 8.26. The van der Waals surface area contributed by atoms with E-state index in [1.807, 2.05) is 6.07 Å². The molecule has 0 unspecified atom stereocenters. The van der Waals surface area contributed by atoms with Crippen LogP contribution in [0.1, 0.15) is 51.0 Å². The zero-order valence-electron chi connectivity index (χ0n) is 20.1. The van der Waals surface area contributed by atoms with Crippen molar-refractivity contribution in [2.45, 2.75) is 45.4 Å². The lowest BCUT2D eigenvalue weighted by Gasteiger charge is -2.17. The van der Waals surface area contributed by atoms with Crippen LogP contribution in [-0.2, 0) is 14.4 Å². The molecule has 2 aromatic carbocycles. The molecule has 4 rings (SSSR count). The van der Waals surface area contributed by atoms with Crippen molar-refractivity contribution < 1.29 is 14.4 Å². The molecular weight excluding hydrogens is 514 g/mol. The van der Waals surface area contributed by atoms with Crippen LogP contribution in [0.3, 0.4) is 0 Å². The summed E-state index contributed by atoms with van der Waals surface area (Å²) in [5.41, 5.74) is 2.09. The molecule has 36 heavy (non-hydrogen) atoms. The molecule has 9 heteroatoms. The first kappa shape index (κ1) is 26.4. The van der Waals surface area contributed by atoms with E-state index >= 15 is 0 Å². The number of anilines is 2. The van der Waals surface area contributed by atoms with Crippen LogP contribution in [0, 0.1) is 0 Å². The van der Waals surface area contributed by atoms with Crippen molar-refractivity contribution in [1.82, 2.24) is 4.90 Å². The topological polar surface area (TPSA) is 69.7 Å². The molecule has 2 aromatic rings. The molecule has 2 heterocycles. The number of halogens is 1. The molecule has 0 spiro atoms. The van der Waals surface area contributed by atoms with Crippen molar-refractivity contribution in [2.75, 3.05) is 23.3 Å². The summed E-state index contributed by atoms with van der Waals surface area (Å²) in [5, 5.41) is 3.28. The molecule has 0 aliphatic carbocycles. The molecule has 0 saturated carbocycles. The number of thiocarbonyl (C=S) groups is 1. The summed E-state index contributed by atoms with van der Waals surface area (Å²) in [5.74, 6) is -0.975. The van der Waals surface area contributed by atoms with Crippen LogP contribution in [0.2, 0.25) is 5.02 Å². The van der Waals surface area contributed by atoms with Gasteiger partial charge in [-0.2, -0.15) is 0 Å². The minimum absolute atomic E-state index is 0.191. The number of carbonyl (C=O) groups is 3. The molecule has 2 aliphatic heterocycles. The average molecular weight is 542 g/mol. The van der Waals surface area contributed by atoms with E-state index in [2.05, 4.69) is 12.2 Å². The van der Waals surface area contributed by atoms with E-state index < -0.39 is 0 Å². The van der Waals surface area contributed by atoms with Gasteiger partial charge in [-0.3, -0.25) is 24.2 Å². The van der Waals surface area contributed by atoms with Crippen LogP contribution in [0.15, 0.2) is 53.4 Å². The first-order valence-corrected chi connectivity index (χ1v) is 13.8. The molecule has 188 valence electrons. The van der Waals surface area contributed by atoms with Crippen LogP contribution < -0.4 is 10.2 Å². The number of thioether (sulfide) groups is 1. The summed E-state index contributed by atoms with van der Waals surface area (Å²) in [6, 6.07) is 14.0. The predicted octanol–water partition coefficient (Wildman–Crippen LogP) is 6.26. The highest BCUT2D eigenvalue weighted by Crippen LogP contribution is 2.44.